The van der Waals surface area contributed by atoms with Gasteiger partial charge in [-0.05, 0) is 37.3 Å². The molecule has 0 aliphatic carbocycles. The lowest BCUT2D eigenvalue weighted by Crippen LogP contribution is -2.61. The number of benzene rings is 2. The van der Waals surface area contributed by atoms with Crippen LogP contribution in [0, 0.1) is 5.92 Å². The summed E-state index contributed by atoms with van der Waals surface area (Å²) in [6.07, 6.45) is -2.70. The van der Waals surface area contributed by atoms with Gasteiger partial charge in [-0.15, -0.1) is 0 Å². The largest absolute Gasteiger partial charge is 0.394 e. The van der Waals surface area contributed by atoms with E-state index in [-0.39, 0.29) is 19.3 Å². The van der Waals surface area contributed by atoms with Crippen LogP contribution >= 0.6 is 0 Å². The van der Waals surface area contributed by atoms with Crippen molar-refractivity contribution in [1.82, 2.24) is 42.5 Å². The third-order valence-electron chi connectivity index (χ3n) is 10.8. The fourth-order valence-electron chi connectivity index (χ4n) is 6.54. The van der Waals surface area contributed by atoms with Gasteiger partial charge >= 0.3 is 0 Å². The minimum Gasteiger partial charge on any atom is -0.394 e. The first kappa shape index (κ1) is 58.6. The van der Waals surface area contributed by atoms with Gasteiger partial charge in [-0.2, -0.15) is 0 Å². The van der Waals surface area contributed by atoms with E-state index in [2.05, 4.69) is 42.5 Å². The van der Waals surface area contributed by atoms with Crippen LogP contribution in [-0.2, 0) is 65.6 Å². The second-order valence-corrected chi connectivity index (χ2v) is 16.6. The average Bonchev–Trinajstić information content (AvgIpc) is 3.31. The van der Waals surface area contributed by atoms with E-state index in [1.165, 1.54) is 6.92 Å². The zero-order valence-electron chi connectivity index (χ0n) is 39.4. The summed E-state index contributed by atoms with van der Waals surface area (Å²) in [5, 5.41) is 39.1. The molecule has 10 atom stereocenters. The summed E-state index contributed by atoms with van der Waals surface area (Å²) in [6, 6.07) is 5.49. The van der Waals surface area contributed by atoms with E-state index in [1.54, 1.807) is 74.5 Å². The average molecular weight is 983 g/mol. The lowest BCUT2D eigenvalue weighted by molar-refractivity contribution is -0.136. The summed E-state index contributed by atoms with van der Waals surface area (Å²) in [4.78, 5) is 142. The summed E-state index contributed by atoms with van der Waals surface area (Å²) in [5.41, 5.74) is 22.5. The van der Waals surface area contributed by atoms with Crippen molar-refractivity contribution in [2.75, 3.05) is 13.2 Å². The third-order valence-corrected chi connectivity index (χ3v) is 10.8. The van der Waals surface area contributed by atoms with Gasteiger partial charge in [0.2, 0.25) is 65.0 Å². The Bertz CT molecular complexity index is 2150. The topological polar surface area (TPSA) is 429 Å². The minimum absolute atomic E-state index is 0.0753. The molecule has 0 fully saturated rings. The smallest absolute Gasteiger partial charge is 0.245 e. The highest BCUT2D eigenvalue weighted by molar-refractivity contribution is 5.98. The number of rotatable bonds is 30. The molecule has 0 aliphatic heterocycles. The normalized spacial score (nSPS) is 15.2. The van der Waals surface area contributed by atoms with E-state index in [1.807, 2.05) is 0 Å². The van der Waals surface area contributed by atoms with Crippen LogP contribution in [0.4, 0.5) is 0 Å². The van der Waals surface area contributed by atoms with Crippen LogP contribution in [0.3, 0.4) is 0 Å². The Morgan fingerprint density at radius 2 is 1.04 bits per heavy atom. The number of aliphatic hydroxyl groups excluding tert-OH is 2. The Hall–Kier alpha value is -7.51. The highest BCUT2D eigenvalue weighted by atomic mass is 16.3. The predicted octanol–water partition coefficient (Wildman–Crippen LogP) is -5.63. The van der Waals surface area contributed by atoms with Crippen molar-refractivity contribution in [1.29, 1.82) is 0 Å². The minimum atomic E-state index is -1.64. The lowest BCUT2D eigenvalue weighted by Gasteiger charge is -2.28. The molecule has 0 saturated heterocycles. The molecule has 25 nitrogen and oxygen atoms in total. The van der Waals surface area contributed by atoms with Crippen LogP contribution in [-0.4, -0.2) is 143 Å². The number of amides is 11. The molecule has 0 saturated carbocycles. The summed E-state index contributed by atoms with van der Waals surface area (Å²) >= 11 is 0. The van der Waals surface area contributed by atoms with Crippen molar-refractivity contribution in [3.05, 3.63) is 71.8 Å². The molecule has 384 valence electrons. The van der Waals surface area contributed by atoms with Crippen molar-refractivity contribution in [2.24, 2.45) is 28.9 Å². The van der Waals surface area contributed by atoms with Gasteiger partial charge in [-0.3, -0.25) is 52.7 Å². The number of nitrogens with one attached hydrogen (secondary N) is 8. The fourth-order valence-corrected chi connectivity index (χ4v) is 6.54. The van der Waals surface area contributed by atoms with Gasteiger partial charge in [0, 0.05) is 19.3 Å². The zero-order chi connectivity index (χ0) is 52.7. The molecule has 0 aliphatic rings. The molecule has 0 radical (unpaired) electrons. The maximum Gasteiger partial charge on any atom is 0.245 e. The molecule has 0 spiro atoms. The number of nitrogens with two attached hydrogens (primary N) is 4. The van der Waals surface area contributed by atoms with Crippen LogP contribution < -0.4 is 65.5 Å². The first-order chi connectivity index (χ1) is 33.0. The van der Waals surface area contributed by atoms with E-state index in [0.29, 0.717) is 17.5 Å². The molecular formula is C45H66N12O13. The Morgan fingerprint density at radius 3 is 1.51 bits per heavy atom. The highest BCUT2D eigenvalue weighted by Gasteiger charge is 2.35. The molecular weight excluding hydrogens is 917 g/mol. The number of aliphatic hydroxyl groups is 2. The number of hydrogen-bond donors (Lipinski definition) is 14. The Balaban J connectivity index is 2.33. The maximum atomic E-state index is 14.0. The van der Waals surface area contributed by atoms with Crippen molar-refractivity contribution in [3.63, 3.8) is 0 Å². The molecule has 11 amide bonds. The molecule has 0 aromatic heterocycles. The molecule has 2 aromatic carbocycles. The van der Waals surface area contributed by atoms with Gasteiger partial charge < -0.3 is 75.7 Å². The molecule has 2 rings (SSSR count). The van der Waals surface area contributed by atoms with Crippen LogP contribution in [0.15, 0.2) is 60.7 Å². The number of carbonyl (C=O) groups is 11. The maximum absolute atomic E-state index is 14.0. The van der Waals surface area contributed by atoms with Crippen LogP contribution in [0.25, 0.3) is 0 Å². The lowest BCUT2D eigenvalue weighted by atomic mass is 9.96. The van der Waals surface area contributed by atoms with Crippen LogP contribution in [0.5, 0.6) is 0 Å². The first-order valence-corrected chi connectivity index (χ1v) is 22.3. The van der Waals surface area contributed by atoms with Gasteiger partial charge in [0.05, 0.1) is 31.7 Å². The van der Waals surface area contributed by atoms with Crippen LogP contribution in [0.2, 0.25) is 0 Å². The Kier molecular flexibility index (Phi) is 24.6. The van der Waals surface area contributed by atoms with Crippen LogP contribution in [0.1, 0.15) is 64.5 Å². The van der Waals surface area contributed by atoms with Gasteiger partial charge in [0.15, 0.2) is 0 Å². The first-order valence-electron chi connectivity index (χ1n) is 22.3. The molecule has 0 heterocycles. The van der Waals surface area contributed by atoms with E-state index in [0.717, 1.165) is 6.92 Å². The van der Waals surface area contributed by atoms with Gasteiger partial charge in [0.1, 0.15) is 42.3 Å². The van der Waals surface area contributed by atoms with E-state index in [9.17, 15) is 63.0 Å². The van der Waals surface area contributed by atoms with E-state index >= 15 is 0 Å². The Labute approximate surface area is 404 Å². The monoisotopic (exact) mass is 982 g/mol. The molecule has 0 unspecified atom stereocenters. The fraction of sp³-hybridized carbons (Fsp3) is 0.489. The molecule has 2 aromatic rings. The van der Waals surface area contributed by atoms with E-state index < -0.39 is 151 Å². The van der Waals surface area contributed by atoms with Crippen molar-refractivity contribution < 1.29 is 63.0 Å². The quantitative estimate of drug-likeness (QED) is 0.0347. The molecule has 18 N–H and O–H groups in total. The van der Waals surface area contributed by atoms with Gasteiger partial charge in [0.25, 0.3) is 0 Å². The molecule has 0 bridgehead atoms. The standard InChI is InChI=1S/C45H66N12O13/c1-5-23(2)36(45(70)55-32(22-58)38(49)63)56-43(68)31(19-27-14-10-7-11-15-27)53-39(64)24(3)51-42(67)30(18-26-12-8-6-9-13-26)54-41(66)29(16-17-33(47)60)52-35(62)21-50-44(69)37(25(4)59)57-40(65)28(46)20-34(48)61/h6-15,23-25,28-32,36-37,58-59H,5,16-22,46H2,1-4H3,(H2,47,60)(H2,48,61)(H2,49,63)(H,50,69)(H,51,67)(H,52,62)(H,53,64)(H,54,66)(H,55,70)(H,56,68)(H,57,65)/t23-,24-,25+,28-,29-,30-,31-,32-,36-,37-/m0/s1. The number of primary amides is 3. The number of hydrogen-bond acceptors (Lipinski definition) is 14. The number of carbonyl (C=O) groups excluding carboxylic acids is 11. The van der Waals surface area contributed by atoms with Gasteiger partial charge in [-0.1, -0.05) is 80.9 Å². The van der Waals surface area contributed by atoms with E-state index in [4.69, 9.17) is 22.9 Å². The Morgan fingerprint density at radius 1 is 0.557 bits per heavy atom. The summed E-state index contributed by atoms with van der Waals surface area (Å²) in [5.74, 6) is -10.6. The second-order valence-electron chi connectivity index (χ2n) is 16.6. The third kappa shape index (κ3) is 20.4. The molecule has 70 heavy (non-hydrogen) atoms. The SMILES string of the molecule is CC[C@H](C)[C@H](NC(=O)[C@H](Cc1ccccc1)NC(=O)[C@H](C)NC(=O)[C@H](Cc1ccccc1)NC(=O)[C@H](CCC(N)=O)NC(=O)CNC(=O)[C@@H](NC(=O)[C@@H](N)CC(N)=O)[C@@H](C)O)C(=O)N[C@@H](CO)C(N)=O. The summed E-state index contributed by atoms with van der Waals surface area (Å²) in [7, 11) is 0. The predicted molar refractivity (Wildman–Crippen MR) is 250 cm³/mol. The van der Waals surface area contributed by atoms with Crippen molar-refractivity contribution >= 4 is 65.0 Å². The second kappa shape index (κ2) is 29.4. The summed E-state index contributed by atoms with van der Waals surface area (Å²) < 4.78 is 0. The zero-order valence-corrected chi connectivity index (χ0v) is 39.4. The molecule has 25 heteroatoms. The highest BCUT2D eigenvalue weighted by Crippen LogP contribution is 2.12. The van der Waals surface area contributed by atoms with Gasteiger partial charge in [-0.25, -0.2) is 0 Å². The summed E-state index contributed by atoms with van der Waals surface area (Å²) in [6.45, 7) is 4.28. The van der Waals surface area contributed by atoms with Crippen molar-refractivity contribution in [3.8, 4) is 0 Å². The van der Waals surface area contributed by atoms with Crippen molar-refractivity contribution in [2.45, 2.75) is 121 Å².